The molecule has 1 aliphatic carbocycles. The monoisotopic (exact) mass is 349 g/mol. The summed E-state index contributed by atoms with van der Waals surface area (Å²) >= 11 is 0. The van der Waals surface area contributed by atoms with E-state index < -0.39 is 0 Å². The maximum Gasteiger partial charge on any atom is 0.253 e. The van der Waals surface area contributed by atoms with Crippen molar-refractivity contribution in [2.45, 2.75) is 31.1 Å². The molecule has 2 aliphatic rings. The molecule has 5 rings (SSSR count). The normalized spacial score (nSPS) is 21.9. The Kier molecular flexibility index (Phi) is 3.37. The number of fused-ring (bicyclic) bond motifs is 2. The molecule has 0 radical (unpaired) electrons. The molecule has 8 nitrogen and oxygen atoms in total. The van der Waals surface area contributed by atoms with Gasteiger partial charge in [0.1, 0.15) is 6.33 Å². The molecule has 1 amide bonds. The summed E-state index contributed by atoms with van der Waals surface area (Å²) < 4.78 is 1.57. The maximum atomic E-state index is 13.0. The highest BCUT2D eigenvalue weighted by atomic mass is 16.2. The molecule has 132 valence electrons. The average molecular weight is 349 g/mol. The third-order valence-corrected chi connectivity index (χ3v) is 5.71. The smallest absolute Gasteiger partial charge is 0.253 e. The summed E-state index contributed by atoms with van der Waals surface area (Å²) in [6.45, 7) is 1.56. The van der Waals surface area contributed by atoms with Crippen molar-refractivity contribution >= 4 is 5.91 Å². The van der Waals surface area contributed by atoms with Crippen LogP contribution in [0.25, 0.3) is 5.69 Å². The number of piperidine rings is 1. The minimum Gasteiger partial charge on any atom is -0.338 e. The molecule has 1 atom stereocenters. The van der Waals surface area contributed by atoms with E-state index in [2.05, 4.69) is 25.7 Å². The number of hydrogen-bond acceptors (Lipinski definition) is 5. The van der Waals surface area contributed by atoms with Crippen molar-refractivity contribution in [1.82, 2.24) is 35.3 Å². The van der Waals surface area contributed by atoms with Gasteiger partial charge < -0.3 is 4.90 Å². The number of amides is 1. The number of aryl methyl sites for hydroxylation is 1. The van der Waals surface area contributed by atoms with E-state index >= 15 is 0 Å². The van der Waals surface area contributed by atoms with Crippen molar-refractivity contribution in [3.63, 3.8) is 0 Å². The summed E-state index contributed by atoms with van der Waals surface area (Å²) in [5.74, 6) is 0.0836. The van der Waals surface area contributed by atoms with E-state index in [1.165, 1.54) is 17.6 Å². The highest BCUT2D eigenvalue weighted by Gasteiger charge is 2.44. The molecular weight excluding hydrogens is 330 g/mol. The Morgan fingerprint density at radius 2 is 2.08 bits per heavy atom. The van der Waals surface area contributed by atoms with Gasteiger partial charge in [-0.3, -0.25) is 9.89 Å². The summed E-state index contributed by atoms with van der Waals surface area (Å²) in [6, 6.07) is 7.42. The minimum absolute atomic E-state index is 0.0477. The Balaban J connectivity index is 1.37. The van der Waals surface area contributed by atoms with Gasteiger partial charge in [0.05, 0.1) is 11.9 Å². The van der Waals surface area contributed by atoms with E-state index in [9.17, 15) is 4.79 Å². The fourth-order valence-corrected chi connectivity index (χ4v) is 4.39. The van der Waals surface area contributed by atoms with Crippen LogP contribution in [-0.4, -0.2) is 54.3 Å². The van der Waals surface area contributed by atoms with E-state index in [1.54, 1.807) is 4.68 Å². The van der Waals surface area contributed by atoms with E-state index in [4.69, 9.17) is 0 Å². The number of nitrogens with zero attached hydrogens (tertiary/aromatic N) is 6. The topological polar surface area (TPSA) is 92.6 Å². The van der Waals surface area contributed by atoms with E-state index in [1.807, 2.05) is 35.4 Å². The van der Waals surface area contributed by atoms with Crippen LogP contribution in [0.5, 0.6) is 0 Å². The molecule has 1 aromatic carbocycles. The molecule has 3 heterocycles. The van der Waals surface area contributed by atoms with Gasteiger partial charge in [-0.2, -0.15) is 5.10 Å². The Morgan fingerprint density at radius 3 is 2.88 bits per heavy atom. The molecule has 0 bridgehead atoms. The number of hydrogen-bond donors (Lipinski definition) is 1. The molecule has 1 saturated heterocycles. The van der Waals surface area contributed by atoms with Crippen LogP contribution in [-0.2, 0) is 11.8 Å². The second-order valence-corrected chi connectivity index (χ2v) is 7.18. The summed E-state index contributed by atoms with van der Waals surface area (Å²) in [4.78, 5) is 15.0. The van der Waals surface area contributed by atoms with Crippen molar-refractivity contribution in [3.05, 3.63) is 53.6 Å². The number of nitrogens with one attached hydrogen (secondary N) is 1. The molecule has 1 spiro atoms. The van der Waals surface area contributed by atoms with Gasteiger partial charge in [-0.1, -0.05) is 0 Å². The minimum atomic E-state index is 0.0477. The van der Waals surface area contributed by atoms with Crippen molar-refractivity contribution in [2.24, 2.45) is 0 Å². The Hall–Kier alpha value is -3.03. The van der Waals surface area contributed by atoms with Crippen molar-refractivity contribution in [1.29, 1.82) is 0 Å². The second kappa shape index (κ2) is 5.76. The number of H-pyrrole nitrogens is 1. The zero-order chi connectivity index (χ0) is 17.6. The van der Waals surface area contributed by atoms with Crippen molar-refractivity contribution in [3.8, 4) is 5.69 Å². The zero-order valence-electron chi connectivity index (χ0n) is 14.3. The molecule has 1 unspecified atom stereocenters. The second-order valence-electron chi connectivity index (χ2n) is 7.18. The van der Waals surface area contributed by atoms with Crippen LogP contribution in [0.2, 0.25) is 0 Å². The number of benzene rings is 1. The average Bonchev–Trinajstić information content (AvgIpc) is 3.42. The lowest BCUT2D eigenvalue weighted by molar-refractivity contribution is 0.0633. The van der Waals surface area contributed by atoms with Crippen LogP contribution < -0.4 is 0 Å². The number of aromatic amines is 1. The van der Waals surface area contributed by atoms with Crippen LogP contribution in [0.15, 0.2) is 36.8 Å². The highest BCUT2D eigenvalue weighted by Crippen LogP contribution is 2.44. The van der Waals surface area contributed by atoms with Crippen LogP contribution in [0.3, 0.4) is 0 Å². The first kappa shape index (κ1) is 15.2. The third kappa shape index (κ3) is 2.33. The SMILES string of the molecule is O=C(c1ccc(-n2cnnn2)cc1)N1CCCC2(CCc3cn[nH]c32)C1. The highest BCUT2D eigenvalue weighted by molar-refractivity contribution is 5.94. The molecule has 1 fully saturated rings. The summed E-state index contributed by atoms with van der Waals surface area (Å²) in [5.41, 5.74) is 4.13. The molecule has 2 aromatic heterocycles. The van der Waals surface area contributed by atoms with E-state index in [0.29, 0.717) is 5.56 Å². The van der Waals surface area contributed by atoms with Gasteiger partial charge in [-0.25, -0.2) is 4.68 Å². The molecule has 1 N–H and O–H groups in total. The van der Waals surface area contributed by atoms with Crippen LogP contribution >= 0.6 is 0 Å². The molecule has 8 heteroatoms. The molecule has 26 heavy (non-hydrogen) atoms. The summed E-state index contributed by atoms with van der Waals surface area (Å²) in [5, 5.41) is 18.5. The van der Waals surface area contributed by atoms with E-state index in [-0.39, 0.29) is 11.3 Å². The summed E-state index contributed by atoms with van der Waals surface area (Å²) in [7, 11) is 0. The van der Waals surface area contributed by atoms with E-state index in [0.717, 1.165) is 44.5 Å². The number of aromatic nitrogens is 6. The quantitative estimate of drug-likeness (QED) is 0.757. The molecular formula is C18H19N7O. The first-order valence-corrected chi connectivity index (χ1v) is 8.91. The lowest BCUT2D eigenvalue weighted by atomic mass is 9.77. The number of rotatable bonds is 2. The largest absolute Gasteiger partial charge is 0.338 e. The van der Waals surface area contributed by atoms with Gasteiger partial charge >= 0.3 is 0 Å². The Labute approximate surface area is 150 Å². The summed E-state index contributed by atoms with van der Waals surface area (Å²) in [6.07, 6.45) is 7.75. The van der Waals surface area contributed by atoms with Crippen LogP contribution in [0.4, 0.5) is 0 Å². The number of carbonyl (C=O) groups is 1. The van der Waals surface area contributed by atoms with Crippen LogP contribution in [0, 0.1) is 0 Å². The maximum absolute atomic E-state index is 13.0. The lowest BCUT2D eigenvalue weighted by Gasteiger charge is -2.40. The number of tetrazole rings is 1. The third-order valence-electron chi connectivity index (χ3n) is 5.71. The lowest BCUT2D eigenvalue weighted by Crippen LogP contribution is -2.47. The van der Waals surface area contributed by atoms with Gasteiger partial charge in [0.2, 0.25) is 0 Å². The standard InChI is InChI=1S/C18H19N7O/c26-17(13-2-4-15(5-3-13)25-12-20-22-23-25)24-9-1-7-18(11-24)8-6-14-10-19-21-16(14)18/h2-5,10,12H,1,6-9,11H2,(H,19,21). The number of carbonyl (C=O) groups excluding carboxylic acids is 1. The van der Waals surface area contributed by atoms with Crippen LogP contribution in [0.1, 0.15) is 40.9 Å². The molecule has 3 aromatic rings. The molecule has 1 aliphatic heterocycles. The van der Waals surface area contributed by atoms with Gasteiger partial charge in [-0.15, -0.1) is 5.10 Å². The van der Waals surface area contributed by atoms with Gasteiger partial charge in [0.25, 0.3) is 5.91 Å². The van der Waals surface area contributed by atoms with Gasteiger partial charge in [0, 0.05) is 29.8 Å². The first-order valence-electron chi connectivity index (χ1n) is 8.91. The zero-order valence-corrected chi connectivity index (χ0v) is 14.3. The van der Waals surface area contributed by atoms with Gasteiger partial charge in [0.15, 0.2) is 0 Å². The fourth-order valence-electron chi connectivity index (χ4n) is 4.39. The first-order chi connectivity index (χ1) is 12.8. The number of likely N-dealkylation sites (tertiary alicyclic amines) is 1. The molecule has 0 saturated carbocycles. The van der Waals surface area contributed by atoms with Crippen molar-refractivity contribution in [2.75, 3.05) is 13.1 Å². The van der Waals surface area contributed by atoms with Gasteiger partial charge in [-0.05, 0) is 65.9 Å². The fraction of sp³-hybridized carbons (Fsp3) is 0.389. The Bertz CT molecular complexity index is 931. The predicted molar refractivity (Wildman–Crippen MR) is 92.9 cm³/mol. The predicted octanol–water partition coefficient (Wildman–Crippen LogP) is 1.51. The van der Waals surface area contributed by atoms with Crippen molar-refractivity contribution < 1.29 is 4.79 Å². The Morgan fingerprint density at radius 1 is 1.19 bits per heavy atom.